The molecular formula is C19H19N3O2. The molecule has 0 radical (unpaired) electrons. The lowest BCUT2D eigenvalue weighted by Crippen LogP contribution is -2.13. The number of nitrogens with one attached hydrogen (secondary N) is 1. The van der Waals surface area contributed by atoms with Gasteiger partial charge in [0.25, 0.3) is 0 Å². The maximum absolute atomic E-state index is 10.2. The van der Waals surface area contributed by atoms with E-state index in [4.69, 9.17) is 4.74 Å². The number of methoxy groups -OCH3 is 1. The van der Waals surface area contributed by atoms with Crippen LogP contribution in [0.4, 0.5) is 5.82 Å². The van der Waals surface area contributed by atoms with Gasteiger partial charge in [0.15, 0.2) is 0 Å². The molecule has 0 bridgehead atoms. The van der Waals surface area contributed by atoms with Crippen LogP contribution >= 0.6 is 0 Å². The molecule has 0 saturated heterocycles. The number of aliphatic hydroxyl groups excluding tert-OH is 1. The van der Waals surface area contributed by atoms with E-state index in [-0.39, 0.29) is 0 Å². The first-order chi connectivity index (χ1) is 11.8. The van der Waals surface area contributed by atoms with Gasteiger partial charge in [0, 0.05) is 18.2 Å². The predicted octanol–water partition coefficient (Wildman–Crippen LogP) is 3.30. The Labute approximate surface area is 141 Å². The Kier molecular flexibility index (Phi) is 5.03. The van der Waals surface area contributed by atoms with Crippen molar-refractivity contribution >= 4 is 5.82 Å². The van der Waals surface area contributed by atoms with E-state index in [0.29, 0.717) is 12.4 Å². The van der Waals surface area contributed by atoms with Crippen molar-refractivity contribution in [2.75, 3.05) is 19.0 Å². The normalized spacial score (nSPS) is 11.8. The van der Waals surface area contributed by atoms with Gasteiger partial charge in [-0.1, -0.05) is 42.5 Å². The van der Waals surface area contributed by atoms with Crippen molar-refractivity contribution in [2.45, 2.75) is 6.10 Å². The lowest BCUT2D eigenvalue weighted by atomic mass is 10.1. The molecule has 1 atom stereocenters. The highest BCUT2D eigenvalue weighted by Crippen LogP contribution is 2.23. The van der Waals surface area contributed by atoms with Gasteiger partial charge in [0.2, 0.25) is 0 Å². The van der Waals surface area contributed by atoms with E-state index in [1.54, 1.807) is 7.11 Å². The average Bonchev–Trinajstić information content (AvgIpc) is 2.67. The van der Waals surface area contributed by atoms with E-state index in [1.165, 1.54) is 6.33 Å². The topological polar surface area (TPSA) is 67.3 Å². The van der Waals surface area contributed by atoms with Gasteiger partial charge in [-0.2, -0.15) is 0 Å². The zero-order chi connectivity index (χ0) is 16.8. The number of nitrogens with zero attached hydrogens (tertiary/aromatic N) is 2. The molecule has 122 valence electrons. The van der Waals surface area contributed by atoms with Crippen molar-refractivity contribution in [3.63, 3.8) is 0 Å². The predicted molar refractivity (Wildman–Crippen MR) is 93.9 cm³/mol. The molecule has 0 aliphatic rings. The Hall–Kier alpha value is -2.92. The highest BCUT2D eigenvalue weighted by molar-refractivity contribution is 5.63. The Balaban J connectivity index is 1.71. The number of rotatable bonds is 6. The second kappa shape index (κ2) is 7.57. The summed E-state index contributed by atoms with van der Waals surface area (Å²) in [5.74, 6) is 1.44. The van der Waals surface area contributed by atoms with Gasteiger partial charge in [-0.3, -0.25) is 0 Å². The molecule has 2 N–H and O–H groups in total. The van der Waals surface area contributed by atoms with Crippen LogP contribution in [0, 0.1) is 0 Å². The van der Waals surface area contributed by atoms with Crippen LogP contribution in [0.2, 0.25) is 0 Å². The van der Waals surface area contributed by atoms with Crippen molar-refractivity contribution in [2.24, 2.45) is 0 Å². The Bertz CT molecular complexity index is 793. The highest BCUT2D eigenvalue weighted by atomic mass is 16.5. The minimum Gasteiger partial charge on any atom is -0.497 e. The summed E-state index contributed by atoms with van der Waals surface area (Å²) in [6.07, 6.45) is 0.910. The smallest absolute Gasteiger partial charge is 0.130 e. The van der Waals surface area contributed by atoms with Gasteiger partial charge in [-0.25, -0.2) is 9.97 Å². The Morgan fingerprint density at radius 2 is 1.88 bits per heavy atom. The second-order valence-corrected chi connectivity index (χ2v) is 5.33. The van der Waals surface area contributed by atoms with Crippen molar-refractivity contribution in [3.8, 4) is 17.0 Å². The second-order valence-electron chi connectivity index (χ2n) is 5.33. The van der Waals surface area contributed by atoms with Gasteiger partial charge in [0.1, 0.15) is 17.9 Å². The van der Waals surface area contributed by atoms with Crippen LogP contribution in [0.15, 0.2) is 67.0 Å². The molecule has 5 nitrogen and oxygen atoms in total. The molecule has 3 rings (SSSR count). The zero-order valence-corrected chi connectivity index (χ0v) is 13.4. The van der Waals surface area contributed by atoms with E-state index in [2.05, 4.69) is 15.3 Å². The lowest BCUT2D eigenvalue weighted by molar-refractivity contribution is 0.191. The largest absolute Gasteiger partial charge is 0.497 e. The minimum atomic E-state index is -0.596. The molecule has 0 amide bonds. The molecule has 0 aliphatic heterocycles. The van der Waals surface area contributed by atoms with Crippen molar-refractivity contribution < 1.29 is 9.84 Å². The molecule has 0 saturated carbocycles. The zero-order valence-electron chi connectivity index (χ0n) is 13.4. The number of hydrogen-bond donors (Lipinski definition) is 2. The summed E-state index contributed by atoms with van der Waals surface area (Å²) >= 11 is 0. The summed E-state index contributed by atoms with van der Waals surface area (Å²) < 4.78 is 5.24. The number of ether oxygens (including phenoxy) is 1. The molecule has 0 spiro atoms. The summed E-state index contributed by atoms with van der Waals surface area (Å²) in [6, 6.07) is 19.1. The minimum absolute atomic E-state index is 0.374. The first-order valence-corrected chi connectivity index (χ1v) is 7.69. The molecule has 5 heteroatoms. The number of hydrogen-bond acceptors (Lipinski definition) is 5. The molecule has 0 fully saturated rings. The van der Waals surface area contributed by atoms with Gasteiger partial charge < -0.3 is 15.2 Å². The summed E-state index contributed by atoms with van der Waals surface area (Å²) in [5, 5.41) is 13.4. The van der Waals surface area contributed by atoms with Crippen LogP contribution in [0.5, 0.6) is 5.75 Å². The molecule has 3 aromatic rings. The quantitative estimate of drug-likeness (QED) is 0.729. The van der Waals surface area contributed by atoms with Gasteiger partial charge in [-0.05, 0) is 17.7 Å². The fourth-order valence-corrected chi connectivity index (χ4v) is 2.39. The summed E-state index contributed by atoms with van der Waals surface area (Å²) in [4.78, 5) is 8.51. The molecule has 2 aromatic carbocycles. The molecule has 1 aromatic heterocycles. The Morgan fingerprint density at radius 1 is 1.04 bits per heavy atom. The van der Waals surface area contributed by atoms with Crippen LogP contribution < -0.4 is 10.1 Å². The Morgan fingerprint density at radius 3 is 2.67 bits per heavy atom. The van der Waals surface area contributed by atoms with Gasteiger partial charge in [-0.15, -0.1) is 0 Å². The average molecular weight is 321 g/mol. The first kappa shape index (κ1) is 16.0. The van der Waals surface area contributed by atoms with E-state index in [1.807, 2.05) is 60.7 Å². The number of anilines is 1. The number of aliphatic hydroxyl groups is 1. The standard InChI is InChI=1S/C19H19N3O2/c1-24-16-9-5-8-15(10-16)17-11-19(22-13-21-17)20-12-18(23)14-6-3-2-4-7-14/h2-11,13,18,23H,12H2,1H3,(H,20,21,22). The van der Waals surface area contributed by atoms with Crippen LogP contribution in [0.1, 0.15) is 11.7 Å². The first-order valence-electron chi connectivity index (χ1n) is 7.69. The number of benzene rings is 2. The van der Waals surface area contributed by atoms with Gasteiger partial charge >= 0.3 is 0 Å². The third-order valence-corrected chi connectivity index (χ3v) is 3.69. The fourth-order valence-electron chi connectivity index (χ4n) is 2.39. The van der Waals surface area contributed by atoms with Crippen molar-refractivity contribution in [3.05, 3.63) is 72.6 Å². The van der Waals surface area contributed by atoms with Crippen LogP contribution in [-0.4, -0.2) is 28.7 Å². The molecule has 1 heterocycles. The van der Waals surface area contributed by atoms with Crippen LogP contribution in [0.3, 0.4) is 0 Å². The van der Waals surface area contributed by atoms with E-state index >= 15 is 0 Å². The summed E-state index contributed by atoms with van der Waals surface area (Å²) in [7, 11) is 1.64. The summed E-state index contributed by atoms with van der Waals surface area (Å²) in [6.45, 7) is 0.374. The third-order valence-electron chi connectivity index (χ3n) is 3.69. The van der Waals surface area contributed by atoms with Crippen molar-refractivity contribution in [1.29, 1.82) is 0 Å². The van der Waals surface area contributed by atoms with Crippen LogP contribution in [-0.2, 0) is 0 Å². The van der Waals surface area contributed by atoms with E-state index in [0.717, 1.165) is 22.6 Å². The lowest BCUT2D eigenvalue weighted by Gasteiger charge is -2.13. The maximum atomic E-state index is 10.2. The molecular weight excluding hydrogens is 302 g/mol. The fraction of sp³-hybridized carbons (Fsp3) is 0.158. The van der Waals surface area contributed by atoms with E-state index in [9.17, 15) is 5.11 Å². The van der Waals surface area contributed by atoms with Crippen LogP contribution in [0.25, 0.3) is 11.3 Å². The molecule has 24 heavy (non-hydrogen) atoms. The summed E-state index contributed by atoms with van der Waals surface area (Å²) in [5.41, 5.74) is 2.61. The third kappa shape index (κ3) is 3.88. The van der Waals surface area contributed by atoms with E-state index < -0.39 is 6.10 Å². The monoisotopic (exact) mass is 321 g/mol. The molecule has 0 aliphatic carbocycles. The number of aromatic nitrogens is 2. The highest BCUT2D eigenvalue weighted by Gasteiger charge is 2.08. The maximum Gasteiger partial charge on any atom is 0.130 e. The van der Waals surface area contributed by atoms with Gasteiger partial charge in [0.05, 0.1) is 18.9 Å². The van der Waals surface area contributed by atoms with Crippen molar-refractivity contribution in [1.82, 2.24) is 9.97 Å². The SMILES string of the molecule is COc1cccc(-c2cc(NCC(O)c3ccccc3)ncn2)c1. The molecule has 1 unspecified atom stereocenters.